The second-order valence-electron chi connectivity index (χ2n) is 6.44. The highest BCUT2D eigenvalue weighted by Crippen LogP contribution is 2.29. The van der Waals surface area contributed by atoms with Crippen LogP contribution in [0.5, 0.6) is 5.75 Å². The first-order valence-corrected chi connectivity index (χ1v) is 7.83. The summed E-state index contributed by atoms with van der Waals surface area (Å²) in [7, 11) is 1.64. The summed E-state index contributed by atoms with van der Waals surface area (Å²) in [6.45, 7) is 7.10. The third kappa shape index (κ3) is 4.83. The molecule has 2 rings (SSSR count). The summed E-state index contributed by atoms with van der Waals surface area (Å²) in [6, 6.07) is 7.59. The van der Waals surface area contributed by atoms with Crippen molar-refractivity contribution >= 4 is 18.3 Å². The summed E-state index contributed by atoms with van der Waals surface area (Å²) in [4.78, 5) is 14.6. The fraction of sp³-hybridized carbons (Fsp3) is 0.588. The van der Waals surface area contributed by atoms with Crippen LogP contribution in [0.25, 0.3) is 0 Å². The van der Waals surface area contributed by atoms with E-state index >= 15 is 0 Å². The van der Waals surface area contributed by atoms with Crippen LogP contribution >= 0.6 is 12.4 Å². The number of nitrogens with zero attached hydrogens (tertiary/aromatic N) is 1. The van der Waals surface area contributed by atoms with Gasteiger partial charge in [-0.05, 0) is 37.9 Å². The molecule has 1 aliphatic rings. The average Bonchev–Trinajstić information content (AvgIpc) is 2.95. The molecule has 2 atom stereocenters. The number of hydrogen-bond donors (Lipinski definition) is 2. The summed E-state index contributed by atoms with van der Waals surface area (Å²) in [5.74, 6) is 0.847. The topological polar surface area (TPSA) is 67.6 Å². The monoisotopic (exact) mass is 341 g/mol. The van der Waals surface area contributed by atoms with Crippen LogP contribution in [0, 0.1) is 5.41 Å². The number of carbonyl (C=O) groups is 1. The number of amides is 1. The molecule has 0 spiro atoms. The van der Waals surface area contributed by atoms with E-state index in [2.05, 4.69) is 17.1 Å². The number of halogens is 1. The minimum Gasteiger partial charge on any atom is -0.496 e. The number of hydrogen-bond acceptors (Lipinski definition) is 4. The Morgan fingerprint density at radius 2 is 2.17 bits per heavy atom. The molecule has 2 unspecified atom stereocenters. The van der Waals surface area contributed by atoms with E-state index in [1.807, 2.05) is 31.2 Å². The minimum atomic E-state index is -0.136. The number of rotatable bonds is 6. The van der Waals surface area contributed by atoms with Gasteiger partial charge in [0.25, 0.3) is 0 Å². The lowest BCUT2D eigenvalue weighted by atomic mass is 9.90. The van der Waals surface area contributed by atoms with Crippen molar-refractivity contribution in [1.29, 1.82) is 0 Å². The Balaban J connectivity index is 0.00000264. The van der Waals surface area contributed by atoms with Gasteiger partial charge in [0.15, 0.2) is 0 Å². The van der Waals surface area contributed by atoms with E-state index in [-0.39, 0.29) is 29.8 Å². The van der Waals surface area contributed by atoms with Crippen LogP contribution < -0.4 is 15.8 Å². The Kier molecular flexibility index (Phi) is 7.32. The summed E-state index contributed by atoms with van der Waals surface area (Å²) < 4.78 is 5.30. The maximum atomic E-state index is 12.4. The zero-order valence-electron chi connectivity index (χ0n) is 14.2. The number of para-hydroxylation sites is 1. The molecule has 0 radical (unpaired) electrons. The van der Waals surface area contributed by atoms with Crippen molar-refractivity contribution in [2.24, 2.45) is 11.1 Å². The van der Waals surface area contributed by atoms with Crippen molar-refractivity contribution in [2.75, 3.05) is 26.7 Å². The molecule has 23 heavy (non-hydrogen) atoms. The lowest BCUT2D eigenvalue weighted by molar-refractivity contribution is -0.125. The maximum absolute atomic E-state index is 12.4. The Morgan fingerprint density at radius 1 is 1.48 bits per heavy atom. The van der Waals surface area contributed by atoms with Gasteiger partial charge in [0.2, 0.25) is 5.91 Å². The van der Waals surface area contributed by atoms with E-state index in [0.717, 1.165) is 30.8 Å². The van der Waals surface area contributed by atoms with Crippen molar-refractivity contribution in [3.8, 4) is 5.75 Å². The van der Waals surface area contributed by atoms with Gasteiger partial charge >= 0.3 is 0 Å². The van der Waals surface area contributed by atoms with Crippen LogP contribution in [0.15, 0.2) is 24.3 Å². The SMILES string of the molecule is COc1ccccc1CNC(=O)C(C)N1CCC(C)(CN)C1.Cl. The average molecular weight is 342 g/mol. The molecule has 1 aliphatic heterocycles. The van der Waals surface area contributed by atoms with E-state index in [9.17, 15) is 4.79 Å². The number of ether oxygens (including phenoxy) is 1. The van der Waals surface area contributed by atoms with Gasteiger partial charge in [-0.25, -0.2) is 0 Å². The fourth-order valence-electron chi connectivity index (χ4n) is 2.90. The van der Waals surface area contributed by atoms with Gasteiger partial charge < -0.3 is 15.8 Å². The quantitative estimate of drug-likeness (QED) is 0.827. The highest BCUT2D eigenvalue weighted by molar-refractivity contribution is 5.85. The molecule has 0 aromatic heterocycles. The molecule has 1 fully saturated rings. The number of methoxy groups -OCH3 is 1. The zero-order chi connectivity index (χ0) is 16.2. The molecule has 1 saturated heterocycles. The third-order valence-corrected chi connectivity index (χ3v) is 4.65. The molecule has 130 valence electrons. The van der Waals surface area contributed by atoms with Gasteiger partial charge in [-0.2, -0.15) is 0 Å². The highest BCUT2D eigenvalue weighted by Gasteiger charge is 2.36. The summed E-state index contributed by atoms with van der Waals surface area (Å²) >= 11 is 0. The van der Waals surface area contributed by atoms with Gasteiger partial charge in [0.05, 0.1) is 13.2 Å². The Labute approximate surface area is 145 Å². The lowest BCUT2D eigenvalue weighted by Crippen LogP contribution is -2.45. The molecule has 1 aromatic rings. The molecule has 0 aliphatic carbocycles. The summed E-state index contributed by atoms with van der Waals surface area (Å²) in [5.41, 5.74) is 6.95. The van der Waals surface area contributed by atoms with E-state index in [4.69, 9.17) is 10.5 Å². The highest BCUT2D eigenvalue weighted by atomic mass is 35.5. The number of likely N-dealkylation sites (tertiary alicyclic amines) is 1. The van der Waals surface area contributed by atoms with Gasteiger partial charge in [-0.3, -0.25) is 9.69 Å². The van der Waals surface area contributed by atoms with Crippen LogP contribution in [-0.4, -0.2) is 43.6 Å². The molecule has 1 heterocycles. The van der Waals surface area contributed by atoms with Crippen LogP contribution in [0.4, 0.5) is 0 Å². The molecule has 1 aromatic carbocycles. The van der Waals surface area contributed by atoms with Gasteiger partial charge in [0, 0.05) is 18.7 Å². The maximum Gasteiger partial charge on any atom is 0.237 e. The van der Waals surface area contributed by atoms with Crippen molar-refractivity contribution in [2.45, 2.75) is 32.9 Å². The summed E-state index contributed by atoms with van der Waals surface area (Å²) in [6.07, 6.45) is 1.05. The largest absolute Gasteiger partial charge is 0.496 e. The molecular formula is C17H28ClN3O2. The molecule has 5 nitrogen and oxygen atoms in total. The number of carbonyl (C=O) groups excluding carboxylic acids is 1. The lowest BCUT2D eigenvalue weighted by Gasteiger charge is -2.26. The van der Waals surface area contributed by atoms with Crippen molar-refractivity contribution < 1.29 is 9.53 Å². The molecule has 1 amide bonds. The number of nitrogens with two attached hydrogens (primary N) is 1. The Morgan fingerprint density at radius 3 is 2.78 bits per heavy atom. The minimum absolute atomic E-state index is 0. The zero-order valence-corrected chi connectivity index (χ0v) is 15.0. The number of benzene rings is 1. The predicted octanol–water partition coefficient (Wildman–Crippen LogP) is 1.79. The van der Waals surface area contributed by atoms with Crippen molar-refractivity contribution in [3.63, 3.8) is 0 Å². The second kappa shape index (κ2) is 8.52. The third-order valence-electron chi connectivity index (χ3n) is 4.65. The molecule has 0 bridgehead atoms. The Hall–Kier alpha value is -1.30. The van der Waals surface area contributed by atoms with Gasteiger partial charge in [-0.15, -0.1) is 12.4 Å². The van der Waals surface area contributed by atoms with Crippen molar-refractivity contribution in [3.05, 3.63) is 29.8 Å². The normalized spacial score (nSPS) is 22.3. The molecule has 0 saturated carbocycles. The molecule has 6 heteroatoms. The first-order chi connectivity index (χ1) is 10.5. The first kappa shape index (κ1) is 19.7. The van der Waals surface area contributed by atoms with E-state index in [1.165, 1.54) is 0 Å². The van der Waals surface area contributed by atoms with E-state index < -0.39 is 0 Å². The summed E-state index contributed by atoms with van der Waals surface area (Å²) in [5, 5.41) is 3.00. The van der Waals surface area contributed by atoms with Crippen LogP contribution in [0.3, 0.4) is 0 Å². The first-order valence-electron chi connectivity index (χ1n) is 7.83. The molecular weight excluding hydrogens is 314 g/mol. The van der Waals surface area contributed by atoms with E-state index in [0.29, 0.717) is 13.1 Å². The van der Waals surface area contributed by atoms with E-state index in [1.54, 1.807) is 7.11 Å². The Bertz CT molecular complexity index is 526. The number of nitrogens with one attached hydrogen (secondary N) is 1. The predicted molar refractivity (Wildman–Crippen MR) is 94.9 cm³/mol. The fourth-order valence-corrected chi connectivity index (χ4v) is 2.90. The second-order valence-corrected chi connectivity index (χ2v) is 6.44. The van der Waals surface area contributed by atoms with Crippen LogP contribution in [0.2, 0.25) is 0 Å². The van der Waals surface area contributed by atoms with Crippen LogP contribution in [0.1, 0.15) is 25.8 Å². The van der Waals surface area contributed by atoms with Gasteiger partial charge in [0.1, 0.15) is 5.75 Å². The van der Waals surface area contributed by atoms with Crippen molar-refractivity contribution in [1.82, 2.24) is 10.2 Å². The van der Waals surface area contributed by atoms with Gasteiger partial charge in [-0.1, -0.05) is 25.1 Å². The smallest absolute Gasteiger partial charge is 0.237 e. The van der Waals surface area contributed by atoms with Crippen LogP contribution in [-0.2, 0) is 11.3 Å². The molecule has 3 N–H and O–H groups in total. The standard InChI is InChI=1S/C17H27N3O2.ClH/c1-13(20-9-8-17(2,11-18)12-20)16(21)19-10-14-6-4-5-7-15(14)22-3;/h4-7,13H,8-12,18H2,1-3H3,(H,19,21);1H.